The van der Waals surface area contributed by atoms with Crippen LogP contribution in [0.5, 0.6) is 0 Å². The van der Waals surface area contributed by atoms with Crippen LogP contribution in [0.15, 0.2) is 16.5 Å². The molecule has 0 atom stereocenters. The fraction of sp³-hybridized carbons (Fsp3) is 0.750. The van der Waals surface area contributed by atoms with E-state index in [1.165, 1.54) is 13.1 Å². The zero-order valence-electron chi connectivity index (χ0n) is 13.4. The number of likely N-dealkylation sites (N-methyl/N-ethyl adjacent to an activating group) is 1. The normalized spacial score (nSPS) is 18.6. The van der Waals surface area contributed by atoms with E-state index in [0.717, 1.165) is 44.2 Å². The van der Waals surface area contributed by atoms with Crippen molar-refractivity contribution in [3.63, 3.8) is 0 Å². The van der Waals surface area contributed by atoms with E-state index >= 15 is 0 Å². The summed E-state index contributed by atoms with van der Waals surface area (Å²) < 4.78 is 5.92. The first-order chi connectivity index (χ1) is 9.46. The van der Waals surface area contributed by atoms with Crippen molar-refractivity contribution >= 4 is 0 Å². The Labute approximate surface area is 123 Å². The molecule has 4 nitrogen and oxygen atoms in total. The number of hydrogen-bond donors (Lipinski definition) is 1. The van der Waals surface area contributed by atoms with Gasteiger partial charge in [-0.25, -0.2) is 0 Å². The van der Waals surface area contributed by atoms with Crippen LogP contribution in [0.2, 0.25) is 0 Å². The molecule has 0 radical (unpaired) electrons. The maximum Gasteiger partial charge on any atom is 0.118 e. The largest absolute Gasteiger partial charge is 0.463 e. The summed E-state index contributed by atoms with van der Waals surface area (Å²) in [5.74, 6) is 2.11. The third-order valence-electron chi connectivity index (χ3n) is 3.80. The van der Waals surface area contributed by atoms with Gasteiger partial charge in [-0.2, -0.15) is 0 Å². The van der Waals surface area contributed by atoms with Crippen molar-refractivity contribution in [3.05, 3.63) is 23.7 Å². The number of furan rings is 1. The van der Waals surface area contributed by atoms with Crippen LogP contribution in [0.4, 0.5) is 0 Å². The van der Waals surface area contributed by atoms with Crippen LogP contribution in [0.25, 0.3) is 0 Å². The summed E-state index contributed by atoms with van der Waals surface area (Å²) in [6, 6.07) is 4.21. The summed E-state index contributed by atoms with van der Waals surface area (Å²) >= 11 is 0. The summed E-state index contributed by atoms with van der Waals surface area (Å²) in [6.45, 7) is 16.3. The van der Waals surface area contributed by atoms with E-state index in [-0.39, 0.29) is 5.54 Å². The van der Waals surface area contributed by atoms with Gasteiger partial charge in [-0.15, -0.1) is 0 Å². The summed E-state index contributed by atoms with van der Waals surface area (Å²) in [7, 11) is 0. The maximum atomic E-state index is 5.92. The predicted octanol–water partition coefficient (Wildman–Crippen LogP) is 2.31. The Kier molecular flexibility index (Phi) is 5.24. The minimum absolute atomic E-state index is 0.128. The van der Waals surface area contributed by atoms with Crippen LogP contribution in [-0.4, -0.2) is 48.1 Å². The monoisotopic (exact) mass is 279 g/mol. The molecule has 1 saturated heterocycles. The fourth-order valence-electron chi connectivity index (χ4n) is 2.44. The van der Waals surface area contributed by atoms with Crippen LogP contribution in [0.1, 0.15) is 39.2 Å². The summed E-state index contributed by atoms with van der Waals surface area (Å²) in [5, 5.41) is 3.45. The molecule has 1 aliphatic heterocycles. The molecule has 1 aromatic rings. The quantitative estimate of drug-likeness (QED) is 0.896. The number of hydrogen-bond acceptors (Lipinski definition) is 4. The summed E-state index contributed by atoms with van der Waals surface area (Å²) in [6.07, 6.45) is 0. The Balaban J connectivity index is 1.78. The molecule has 1 aromatic heterocycles. The zero-order valence-corrected chi connectivity index (χ0v) is 13.4. The highest BCUT2D eigenvalue weighted by Gasteiger charge is 2.17. The first kappa shape index (κ1) is 15.5. The molecule has 2 rings (SSSR count). The Morgan fingerprint density at radius 1 is 1.05 bits per heavy atom. The van der Waals surface area contributed by atoms with Gasteiger partial charge >= 0.3 is 0 Å². The zero-order chi connectivity index (χ0) is 14.6. The van der Waals surface area contributed by atoms with E-state index in [4.69, 9.17) is 4.42 Å². The van der Waals surface area contributed by atoms with E-state index in [1.807, 2.05) is 0 Å². The number of nitrogens with zero attached hydrogens (tertiary/aromatic N) is 2. The molecule has 0 amide bonds. The highest BCUT2D eigenvalue weighted by Crippen LogP contribution is 2.13. The van der Waals surface area contributed by atoms with Crippen LogP contribution in [-0.2, 0) is 13.1 Å². The van der Waals surface area contributed by atoms with Gasteiger partial charge in [0, 0.05) is 31.7 Å². The second kappa shape index (κ2) is 6.74. The molecule has 4 heteroatoms. The van der Waals surface area contributed by atoms with Gasteiger partial charge in [-0.3, -0.25) is 4.90 Å². The van der Waals surface area contributed by atoms with Gasteiger partial charge in [0.1, 0.15) is 11.5 Å². The lowest BCUT2D eigenvalue weighted by Gasteiger charge is -2.33. The van der Waals surface area contributed by atoms with E-state index < -0.39 is 0 Å². The SMILES string of the molecule is CCN1CCN(Cc2ccc(CNC(C)(C)C)o2)CC1. The lowest BCUT2D eigenvalue weighted by molar-refractivity contribution is 0.124. The Morgan fingerprint density at radius 2 is 1.65 bits per heavy atom. The first-order valence-corrected chi connectivity index (χ1v) is 7.73. The Hall–Kier alpha value is -0.840. The molecule has 20 heavy (non-hydrogen) atoms. The molecule has 0 unspecified atom stereocenters. The number of rotatable bonds is 5. The van der Waals surface area contributed by atoms with Crippen LogP contribution < -0.4 is 5.32 Å². The topological polar surface area (TPSA) is 31.6 Å². The maximum absolute atomic E-state index is 5.92. The van der Waals surface area contributed by atoms with Gasteiger partial charge in [0.25, 0.3) is 0 Å². The summed E-state index contributed by atoms with van der Waals surface area (Å²) in [4.78, 5) is 4.98. The van der Waals surface area contributed by atoms with Crippen LogP contribution >= 0.6 is 0 Å². The van der Waals surface area contributed by atoms with Gasteiger partial charge in [0.15, 0.2) is 0 Å². The van der Waals surface area contributed by atoms with Gasteiger partial charge in [-0.1, -0.05) is 6.92 Å². The summed E-state index contributed by atoms with van der Waals surface area (Å²) in [5.41, 5.74) is 0.128. The van der Waals surface area contributed by atoms with Crippen molar-refractivity contribution < 1.29 is 4.42 Å². The standard InChI is InChI=1S/C16H29N3O/c1-5-18-8-10-19(11-9-18)13-15-7-6-14(20-15)12-17-16(2,3)4/h6-7,17H,5,8-13H2,1-4H3. The third kappa shape index (κ3) is 4.93. The van der Waals surface area contributed by atoms with Crippen molar-refractivity contribution in [1.82, 2.24) is 15.1 Å². The molecule has 1 N–H and O–H groups in total. The smallest absolute Gasteiger partial charge is 0.118 e. The van der Waals surface area contributed by atoms with E-state index in [9.17, 15) is 0 Å². The highest BCUT2D eigenvalue weighted by atomic mass is 16.3. The molecule has 1 aliphatic rings. The molecular formula is C16H29N3O. The third-order valence-corrected chi connectivity index (χ3v) is 3.80. The van der Waals surface area contributed by atoms with Gasteiger partial charge in [0.05, 0.1) is 13.1 Å². The van der Waals surface area contributed by atoms with Gasteiger partial charge < -0.3 is 14.6 Å². The van der Waals surface area contributed by atoms with Crippen LogP contribution in [0, 0.1) is 0 Å². The highest BCUT2D eigenvalue weighted by molar-refractivity contribution is 5.07. The van der Waals surface area contributed by atoms with Crippen molar-refractivity contribution in [1.29, 1.82) is 0 Å². The van der Waals surface area contributed by atoms with Gasteiger partial charge in [-0.05, 0) is 39.4 Å². The molecule has 1 fully saturated rings. The van der Waals surface area contributed by atoms with E-state index in [2.05, 4.69) is 54.9 Å². The molecule has 0 aliphatic carbocycles. The lowest BCUT2D eigenvalue weighted by atomic mass is 10.1. The molecule has 0 bridgehead atoms. The molecule has 0 saturated carbocycles. The molecular weight excluding hydrogens is 250 g/mol. The Morgan fingerprint density at radius 3 is 2.25 bits per heavy atom. The predicted molar refractivity (Wildman–Crippen MR) is 82.7 cm³/mol. The number of piperazine rings is 1. The van der Waals surface area contributed by atoms with E-state index in [1.54, 1.807) is 0 Å². The van der Waals surface area contributed by atoms with Crippen LogP contribution in [0.3, 0.4) is 0 Å². The van der Waals surface area contributed by atoms with Crippen molar-refractivity contribution in [2.75, 3.05) is 32.7 Å². The lowest BCUT2D eigenvalue weighted by Crippen LogP contribution is -2.45. The van der Waals surface area contributed by atoms with Crippen molar-refractivity contribution in [2.24, 2.45) is 0 Å². The molecule has 0 aromatic carbocycles. The van der Waals surface area contributed by atoms with Crippen molar-refractivity contribution in [2.45, 2.75) is 46.3 Å². The first-order valence-electron chi connectivity index (χ1n) is 7.73. The second-order valence-electron chi connectivity index (χ2n) is 6.68. The molecule has 114 valence electrons. The fourth-order valence-corrected chi connectivity index (χ4v) is 2.44. The minimum atomic E-state index is 0.128. The Bertz CT molecular complexity index is 400. The average Bonchev–Trinajstić information content (AvgIpc) is 2.84. The second-order valence-corrected chi connectivity index (χ2v) is 6.68. The van der Waals surface area contributed by atoms with Crippen molar-refractivity contribution in [3.8, 4) is 0 Å². The molecule has 2 heterocycles. The minimum Gasteiger partial charge on any atom is -0.463 e. The number of nitrogens with one attached hydrogen (secondary N) is 1. The van der Waals surface area contributed by atoms with E-state index in [0.29, 0.717) is 0 Å². The molecule has 0 spiro atoms. The van der Waals surface area contributed by atoms with Gasteiger partial charge in [0.2, 0.25) is 0 Å². The average molecular weight is 279 g/mol.